The van der Waals surface area contributed by atoms with Crippen molar-refractivity contribution >= 4 is 29.3 Å². The number of nitrogens with zero attached hydrogens (tertiary/aromatic N) is 4. The average molecular weight is 255 g/mol. The molecule has 92 valence electrons. The lowest BCUT2D eigenvalue weighted by molar-refractivity contribution is 0.957. The summed E-state index contributed by atoms with van der Waals surface area (Å²) in [6.45, 7) is 3.50. The van der Waals surface area contributed by atoms with Crippen LogP contribution < -0.4 is 15.5 Å². The normalized spacial score (nSPS) is 14.2. The Morgan fingerprint density at radius 1 is 1.35 bits per heavy atom. The van der Waals surface area contributed by atoms with Crippen molar-refractivity contribution in [2.75, 3.05) is 37.4 Å². The second-order valence-electron chi connectivity index (χ2n) is 3.96. The topological polar surface area (TPSA) is 65.4 Å². The van der Waals surface area contributed by atoms with Gasteiger partial charge in [-0.15, -0.1) is 0 Å². The molecule has 0 atom stereocenters. The number of hydrogen-bond acceptors (Lipinski definition) is 6. The van der Waals surface area contributed by atoms with E-state index in [4.69, 9.17) is 11.6 Å². The van der Waals surface area contributed by atoms with Crippen molar-refractivity contribution in [3.05, 3.63) is 10.7 Å². The van der Waals surface area contributed by atoms with Gasteiger partial charge in [-0.1, -0.05) is 11.6 Å². The van der Waals surface area contributed by atoms with E-state index >= 15 is 0 Å². The first kappa shape index (κ1) is 11.9. The molecule has 0 saturated heterocycles. The molecule has 0 fully saturated rings. The van der Waals surface area contributed by atoms with Gasteiger partial charge in [-0.2, -0.15) is 4.98 Å². The molecule has 0 saturated carbocycles. The fourth-order valence-corrected chi connectivity index (χ4v) is 1.56. The first-order valence-electron chi connectivity index (χ1n) is 5.34. The van der Waals surface area contributed by atoms with Crippen LogP contribution in [-0.2, 0) is 0 Å². The number of aromatic nitrogens is 2. The summed E-state index contributed by atoms with van der Waals surface area (Å²) in [5.41, 5.74) is 0.814. The molecule has 0 aromatic carbocycles. The second kappa shape index (κ2) is 4.75. The molecule has 0 bridgehead atoms. The van der Waals surface area contributed by atoms with Crippen LogP contribution >= 0.6 is 11.6 Å². The number of hydrogen-bond donors (Lipinski definition) is 2. The van der Waals surface area contributed by atoms with E-state index in [0.29, 0.717) is 16.9 Å². The van der Waals surface area contributed by atoms with E-state index in [1.165, 1.54) is 0 Å². The molecule has 7 heteroatoms. The average Bonchev–Trinajstić information content (AvgIpc) is 2.77. The Kier molecular flexibility index (Phi) is 3.33. The standard InChI is InChI=1S/C10H15ClN6/c1-6-7(11)14-10(17(2)3)16-8(6)15-9-12-4-5-13-9/h4-5H2,1-3H3,(H2,12,13,14,15,16). The molecular weight excluding hydrogens is 240 g/mol. The minimum absolute atomic E-state index is 0.449. The zero-order valence-corrected chi connectivity index (χ0v) is 10.8. The van der Waals surface area contributed by atoms with E-state index in [0.717, 1.165) is 24.6 Å². The maximum absolute atomic E-state index is 6.07. The van der Waals surface area contributed by atoms with Crippen molar-refractivity contribution in [3.8, 4) is 0 Å². The third-order valence-corrected chi connectivity index (χ3v) is 2.75. The summed E-state index contributed by atoms with van der Waals surface area (Å²) < 4.78 is 0. The summed E-state index contributed by atoms with van der Waals surface area (Å²) >= 11 is 6.07. The third kappa shape index (κ3) is 2.58. The quantitative estimate of drug-likeness (QED) is 0.767. The van der Waals surface area contributed by atoms with Gasteiger partial charge >= 0.3 is 0 Å². The number of aliphatic imine (C=N–C) groups is 1. The number of nitrogens with one attached hydrogen (secondary N) is 2. The van der Waals surface area contributed by atoms with Gasteiger partial charge in [0.2, 0.25) is 5.95 Å². The molecule has 1 aromatic rings. The molecule has 0 aliphatic carbocycles. The highest BCUT2D eigenvalue weighted by Gasteiger charge is 2.13. The molecule has 1 aliphatic rings. The maximum Gasteiger partial charge on any atom is 0.228 e. The van der Waals surface area contributed by atoms with E-state index in [1.54, 1.807) is 4.90 Å². The summed E-state index contributed by atoms with van der Waals surface area (Å²) in [6.07, 6.45) is 0. The summed E-state index contributed by atoms with van der Waals surface area (Å²) in [6, 6.07) is 0. The van der Waals surface area contributed by atoms with E-state index in [1.807, 2.05) is 21.0 Å². The van der Waals surface area contributed by atoms with E-state index in [-0.39, 0.29) is 0 Å². The molecule has 2 heterocycles. The zero-order chi connectivity index (χ0) is 12.4. The molecule has 2 N–H and O–H groups in total. The zero-order valence-electron chi connectivity index (χ0n) is 10.1. The molecular formula is C10H15ClN6. The number of halogens is 1. The Labute approximate surface area is 105 Å². The molecule has 0 unspecified atom stereocenters. The number of anilines is 2. The lowest BCUT2D eigenvalue weighted by atomic mass is 10.3. The van der Waals surface area contributed by atoms with Crippen LogP contribution in [0.25, 0.3) is 0 Å². The van der Waals surface area contributed by atoms with Crippen LogP contribution in [0.2, 0.25) is 5.15 Å². The maximum atomic E-state index is 6.07. The molecule has 0 spiro atoms. The Morgan fingerprint density at radius 3 is 2.71 bits per heavy atom. The third-order valence-electron chi connectivity index (χ3n) is 2.39. The van der Waals surface area contributed by atoms with Crippen LogP contribution in [0.4, 0.5) is 11.8 Å². The highest BCUT2D eigenvalue weighted by atomic mass is 35.5. The van der Waals surface area contributed by atoms with Crippen molar-refractivity contribution in [1.29, 1.82) is 0 Å². The van der Waals surface area contributed by atoms with Gasteiger partial charge in [0.25, 0.3) is 0 Å². The van der Waals surface area contributed by atoms with Crippen molar-refractivity contribution in [3.63, 3.8) is 0 Å². The van der Waals surface area contributed by atoms with E-state index in [2.05, 4.69) is 25.6 Å². The Hall–Kier alpha value is -1.56. The predicted octanol–water partition coefficient (Wildman–Crippen LogP) is 0.876. The highest BCUT2D eigenvalue weighted by Crippen LogP contribution is 2.22. The Balaban J connectivity index is 2.31. The molecule has 0 radical (unpaired) electrons. The summed E-state index contributed by atoms with van der Waals surface area (Å²) in [5, 5.41) is 6.69. The van der Waals surface area contributed by atoms with Gasteiger partial charge in [0.1, 0.15) is 11.0 Å². The van der Waals surface area contributed by atoms with E-state index in [9.17, 15) is 0 Å². The van der Waals surface area contributed by atoms with Crippen molar-refractivity contribution in [1.82, 2.24) is 15.3 Å². The summed E-state index contributed by atoms with van der Waals surface area (Å²) in [4.78, 5) is 14.6. The summed E-state index contributed by atoms with van der Waals surface area (Å²) in [7, 11) is 3.74. The van der Waals surface area contributed by atoms with Gasteiger partial charge in [-0.05, 0) is 6.92 Å². The number of rotatable bonds is 2. The van der Waals surface area contributed by atoms with Crippen molar-refractivity contribution in [2.45, 2.75) is 6.92 Å². The second-order valence-corrected chi connectivity index (χ2v) is 4.32. The SMILES string of the molecule is Cc1c(Cl)nc(N(C)C)nc1NC1=NCCN1. The Morgan fingerprint density at radius 2 is 2.12 bits per heavy atom. The fourth-order valence-electron chi connectivity index (χ4n) is 1.39. The van der Waals surface area contributed by atoms with Gasteiger partial charge in [0, 0.05) is 26.2 Å². The van der Waals surface area contributed by atoms with Gasteiger partial charge in [-0.25, -0.2) is 4.98 Å². The fraction of sp³-hybridized carbons (Fsp3) is 0.500. The first-order valence-corrected chi connectivity index (χ1v) is 5.72. The van der Waals surface area contributed by atoms with Crippen LogP contribution in [0, 0.1) is 6.92 Å². The van der Waals surface area contributed by atoms with E-state index < -0.39 is 0 Å². The van der Waals surface area contributed by atoms with Crippen LogP contribution in [0.1, 0.15) is 5.56 Å². The van der Waals surface area contributed by atoms with Crippen molar-refractivity contribution in [2.24, 2.45) is 4.99 Å². The molecule has 2 rings (SSSR count). The van der Waals surface area contributed by atoms with Crippen LogP contribution in [-0.4, -0.2) is 43.1 Å². The molecule has 6 nitrogen and oxygen atoms in total. The molecule has 17 heavy (non-hydrogen) atoms. The van der Waals surface area contributed by atoms with Gasteiger partial charge in [0.15, 0.2) is 5.96 Å². The van der Waals surface area contributed by atoms with Crippen molar-refractivity contribution < 1.29 is 0 Å². The molecule has 1 aliphatic heterocycles. The molecule has 0 amide bonds. The molecule has 1 aromatic heterocycles. The summed E-state index contributed by atoms with van der Waals surface area (Å²) in [5.74, 6) is 1.98. The number of guanidine groups is 1. The van der Waals surface area contributed by atoms with Gasteiger partial charge in [0.05, 0.1) is 6.54 Å². The minimum atomic E-state index is 0.449. The smallest absolute Gasteiger partial charge is 0.228 e. The van der Waals surface area contributed by atoms with Gasteiger partial charge in [-0.3, -0.25) is 4.99 Å². The predicted molar refractivity (Wildman–Crippen MR) is 70.0 cm³/mol. The van der Waals surface area contributed by atoms with Gasteiger partial charge < -0.3 is 15.5 Å². The van der Waals surface area contributed by atoms with Crippen LogP contribution in [0.5, 0.6) is 0 Å². The highest BCUT2D eigenvalue weighted by molar-refractivity contribution is 6.30. The lowest BCUT2D eigenvalue weighted by Crippen LogP contribution is -2.27. The Bertz CT molecular complexity index is 456. The van der Waals surface area contributed by atoms with Crippen LogP contribution in [0.15, 0.2) is 4.99 Å². The minimum Gasteiger partial charge on any atom is -0.354 e. The largest absolute Gasteiger partial charge is 0.354 e. The first-order chi connectivity index (χ1) is 8.08. The monoisotopic (exact) mass is 254 g/mol. The van der Waals surface area contributed by atoms with Crippen LogP contribution in [0.3, 0.4) is 0 Å². The lowest BCUT2D eigenvalue weighted by Gasteiger charge is -2.15.